The van der Waals surface area contributed by atoms with Crippen LogP contribution in [-0.2, 0) is 0 Å². The molecule has 0 aromatic heterocycles. The number of hydrogen-bond donors (Lipinski definition) is 0. The highest BCUT2D eigenvalue weighted by atomic mass is 16.7. The van der Waals surface area contributed by atoms with E-state index in [1.54, 1.807) is 18.2 Å². The lowest BCUT2D eigenvalue weighted by Crippen LogP contribution is -1.92. The van der Waals surface area contributed by atoms with Gasteiger partial charge in [-0.15, -0.1) is 0 Å². The summed E-state index contributed by atoms with van der Waals surface area (Å²) in [6.45, 7) is -0.998. The minimum Gasteiger partial charge on any atom is -0.454 e. The highest BCUT2D eigenvalue weighted by Gasteiger charge is 2.12. The van der Waals surface area contributed by atoms with Crippen molar-refractivity contribution in [3.8, 4) is 11.5 Å². The van der Waals surface area contributed by atoms with Crippen LogP contribution in [0.5, 0.6) is 11.5 Å². The van der Waals surface area contributed by atoms with Crippen LogP contribution in [0.3, 0.4) is 0 Å². The van der Waals surface area contributed by atoms with Crippen LogP contribution in [-0.4, -0.2) is 13.1 Å². The summed E-state index contributed by atoms with van der Waals surface area (Å²) in [7, 11) is 0. The van der Waals surface area contributed by atoms with Crippen LogP contribution >= 0.6 is 0 Å². The summed E-state index contributed by atoms with van der Waals surface area (Å²) in [5, 5.41) is 0. The molecule has 11 heavy (non-hydrogen) atoms. The number of carbonyl (C=O) groups is 1. The van der Waals surface area contributed by atoms with E-state index in [1.165, 1.54) is 0 Å². The number of fused-ring (bicyclic) bond motifs is 1. The van der Waals surface area contributed by atoms with Crippen molar-refractivity contribution in [2.24, 2.45) is 0 Å². The van der Waals surface area contributed by atoms with E-state index < -0.39 is 6.77 Å². The Morgan fingerprint density at radius 3 is 3.09 bits per heavy atom. The normalized spacial score (nSPS) is 21.1. The zero-order chi connectivity index (χ0) is 8.55. The van der Waals surface area contributed by atoms with Gasteiger partial charge in [-0.1, -0.05) is 0 Å². The molecule has 3 heteroatoms. The van der Waals surface area contributed by atoms with E-state index >= 15 is 0 Å². The van der Waals surface area contributed by atoms with Crippen LogP contribution in [0.15, 0.2) is 18.2 Å². The van der Waals surface area contributed by atoms with Gasteiger partial charge in [-0.25, -0.2) is 0 Å². The number of hydrogen-bond acceptors (Lipinski definition) is 3. The van der Waals surface area contributed by atoms with E-state index in [9.17, 15) is 4.79 Å². The number of carbonyl (C=O) groups excluding carboxylic acids is 1. The first kappa shape index (κ1) is 5.18. The van der Waals surface area contributed by atoms with Gasteiger partial charge in [-0.3, -0.25) is 4.79 Å². The molecule has 0 aliphatic carbocycles. The molecule has 56 valence electrons. The summed E-state index contributed by atoms with van der Waals surface area (Å²) in [6.07, 6.45) is 0.723. The van der Waals surface area contributed by atoms with Gasteiger partial charge < -0.3 is 9.47 Å². The van der Waals surface area contributed by atoms with E-state index in [-0.39, 0.29) is 0 Å². The van der Waals surface area contributed by atoms with Crippen molar-refractivity contribution in [1.82, 2.24) is 0 Å². The van der Waals surface area contributed by atoms with Gasteiger partial charge in [0.25, 0.3) is 0 Å². The van der Waals surface area contributed by atoms with E-state index in [2.05, 4.69) is 0 Å². The molecular weight excluding hydrogens is 144 g/mol. The zero-order valence-electron chi connectivity index (χ0n) is 6.61. The van der Waals surface area contributed by atoms with Crippen molar-refractivity contribution in [1.29, 1.82) is 0 Å². The average Bonchev–Trinajstić information content (AvgIpc) is 2.43. The van der Waals surface area contributed by atoms with Gasteiger partial charge in [0.2, 0.25) is 6.77 Å². The Labute approximate surface area is 64.9 Å². The predicted molar refractivity (Wildman–Crippen MR) is 38.0 cm³/mol. The second-order valence-corrected chi connectivity index (χ2v) is 2.16. The monoisotopic (exact) mass is 151 g/mol. The minimum absolute atomic E-state index is 0.458. The van der Waals surface area contributed by atoms with Gasteiger partial charge >= 0.3 is 0 Å². The molecular formula is C8H6O3. The molecule has 0 spiro atoms. The lowest BCUT2D eigenvalue weighted by Gasteiger charge is -1.94. The minimum atomic E-state index is -0.998. The Kier molecular flexibility index (Phi) is 1.07. The average molecular weight is 151 g/mol. The summed E-state index contributed by atoms with van der Waals surface area (Å²) in [4.78, 5) is 10.3. The van der Waals surface area contributed by atoms with Crippen molar-refractivity contribution >= 4 is 6.29 Å². The lowest BCUT2D eigenvalue weighted by atomic mass is 10.2. The number of benzene rings is 1. The smallest absolute Gasteiger partial charge is 0.231 e. The molecule has 0 fully saturated rings. The molecule has 0 saturated carbocycles. The van der Waals surface area contributed by atoms with Gasteiger partial charge in [0, 0.05) is 5.56 Å². The third kappa shape index (κ3) is 0.941. The fourth-order valence-corrected chi connectivity index (χ4v) is 0.915. The summed E-state index contributed by atoms with van der Waals surface area (Å²) in [6, 6.07) is 4.79. The van der Waals surface area contributed by atoms with Crippen molar-refractivity contribution in [2.75, 3.05) is 6.77 Å². The van der Waals surface area contributed by atoms with E-state index in [0.29, 0.717) is 17.1 Å². The standard InChI is InChI=1S/C8H6O3/c9-4-6-1-2-7-8(3-6)11-5-10-7/h1-4H,5H2/i5D. The summed E-state index contributed by atoms with van der Waals surface area (Å²) in [5.41, 5.74) is 0.520. The maximum absolute atomic E-state index is 10.3. The summed E-state index contributed by atoms with van der Waals surface area (Å²) >= 11 is 0. The van der Waals surface area contributed by atoms with Gasteiger partial charge in [0.05, 0.1) is 0 Å². The fourth-order valence-electron chi connectivity index (χ4n) is 0.915. The third-order valence-electron chi connectivity index (χ3n) is 1.45. The second kappa shape index (κ2) is 2.27. The molecule has 0 saturated heterocycles. The molecule has 1 aromatic carbocycles. The molecule has 0 bridgehead atoms. The van der Waals surface area contributed by atoms with E-state index in [1.807, 2.05) is 0 Å². The molecule has 1 atom stereocenters. The first-order valence-electron chi connectivity index (χ1n) is 3.72. The Balaban J connectivity index is 2.41. The summed E-state index contributed by atoms with van der Waals surface area (Å²) in [5.74, 6) is 0.972. The van der Waals surface area contributed by atoms with Crippen molar-refractivity contribution in [3.63, 3.8) is 0 Å². The Hall–Kier alpha value is -1.51. The van der Waals surface area contributed by atoms with E-state index in [4.69, 9.17) is 10.8 Å². The highest BCUT2D eigenvalue weighted by molar-refractivity contribution is 5.76. The lowest BCUT2D eigenvalue weighted by molar-refractivity contribution is 0.112. The largest absolute Gasteiger partial charge is 0.454 e. The summed E-state index contributed by atoms with van der Waals surface area (Å²) < 4.78 is 17.0. The maximum atomic E-state index is 10.3. The maximum Gasteiger partial charge on any atom is 0.231 e. The van der Waals surface area contributed by atoms with Gasteiger partial charge in [-0.2, -0.15) is 0 Å². The Morgan fingerprint density at radius 2 is 2.27 bits per heavy atom. The molecule has 2 rings (SSSR count). The van der Waals surface area contributed by atoms with Crippen molar-refractivity contribution in [3.05, 3.63) is 23.8 Å². The molecule has 0 N–H and O–H groups in total. The molecule has 1 aromatic rings. The van der Waals surface area contributed by atoms with Crippen molar-refractivity contribution < 1.29 is 15.6 Å². The predicted octanol–water partition coefficient (Wildman–Crippen LogP) is 1.23. The van der Waals surface area contributed by atoms with Crippen LogP contribution < -0.4 is 9.47 Å². The van der Waals surface area contributed by atoms with Crippen LogP contribution in [0.1, 0.15) is 11.7 Å². The van der Waals surface area contributed by atoms with E-state index in [0.717, 1.165) is 6.29 Å². The second-order valence-electron chi connectivity index (χ2n) is 2.16. The SMILES string of the molecule is [2H]C1Oc2ccc(C=O)cc2O1. The third-order valence-corrected chi connectivity index (χ3v) is 1.45. The number of ether oxygens (including phenoxy) is 2. The quantitative estimate of drug-likeness (QED) is 0.566. The zero-order valence-corrected chi connectivity index (χ0v) is 5.61. The molecule has 0 amide bonds. The molecule has 1 heterocycles. The van der Waals surface area contributed by atoms with Crippen LogP contribution in [0.2, 0.25) is 0 Å². The Morgan fingerprint density at radius 1 is 1.45 bits per heavy atom. The highest BCUT2D eigenvalue weighted by Crippen LogP contribution is 2.31. The topological polar surface area (TPSA) is 35.5 Å². The number of rotatable bonds is 1. The fraction of sp³-hybridized carbons (Fsp3) is 0.125. The van der Waals surface area contributed by atoms with Crippen LogP contribution in [0.4, 0.5) is 0 Å². The van der Waals surface area contributed by atoms with Crippen LogP contribution in [0.25, 0.3) is 0 Å². The van der Waals surface area contributed by atoms with Crippen LogP contribution in [0, 0.1) is 0 Å². The Bertz CT molecular complexity index is 324. The first-order valence-corrected chi connectivity index (χ1v) is 3.14. The van der Waals surface area contributed by atoms with Gasteiger partial charge in [0.15, 0.2) is 11.5 Å². The first-order chi connectivity index (χ1) is 5.79. The molecule has 0 radical (unpaired) electrons. The molecule has 3 nitrogen and oxygen atoms in total. The van der Waals surface area contributed by atoms with Gasteiger partial charge in [0.1, 0.15) is 7.66 Å². The number of aldehydes is 1. The molecule has 1 aliphatic rings. The van der Waals surface area contributed by atoms with Gasteiger partial charge in [-0.05, 0) is 18.2 Å². The molecule has 1 aliphatic heterocycles. The molecule has 1 unspecified atom stereocenters. The van der Waals surface area contributed by atoms with Crippen molar-refractivity contribution in [2.45, 2.75) is 0 Å².